The molecular formula is C49H116N4O8S2U2VY2-2. The van der Waals surface area contributed by atoms with Crippen molar-refractivity contribution in [3.8, 4) is 0 Å². The maximum atomic E-state index is 12.4. The summed E-state index contributed by atoms with van der Waals surface area (Å²) in [5.41, 5.74) is 0. The topological polar surface area (TPSA) is 136 Å². The van der Waals surface area contributed by atoms with Crippen LogP contribution in [0, 0.1) is 75.1 Å². The fourth-order valence-corrected chi connectivity index (χ4v) is 6.84. The van der Waals surface area contributed by atoms with Crippen LogP contribution in [-0.2, 0) is 123 Å². The first-order valence-electron chi connectivity index (χ1n) is 25.2. The van der Waals surface area contributed by atoms with Crippen LogP contribution in [0.25, 0.3) is 0 Å². The molecule has 5 rings (SSSR count). The van der Waals surface area contributed by atoms with Gasteiger partial charge in [-0.05, 0) is 12.1 Å². The Morgan fingerprint density at radius 2 is 0.735 bits per heavy atom. The SMILES string of the molecule is CC.CC.CC.CC.CC.CC.CC.CC.CC.CC.CC.CC.CS(=O)(=O)N[C@H]1[CH-][C@@H](N2CCOCC2)COC1.O=S(=O)(N[C@H]1[CH-][C@@H](N2CCOCC2)COC1)c1ccccc1.[3HH].[3HH].[U].[U].[V].[Y].[Y]. The van der Waals surface area contributed by atoms with Gasteiger partial charge in [0.2, 0.25) is 20.0 Å². The van der Waals surface area contributed by atoms with Crippen molar-refractivity contribution in [2.45, 2.75) is 195 Å². The predicted molar refractivity (Wildman–Crippen MR) is 285 cm³/mol. The van der Waals surface area contributed by atoms with Crippen molar-refractivity contribution in [3.05, 3.63) is 43.2 Å². The molecule has 0 saturated carbocycles. The van der Waals surface area contributed by atoms with Crippen LogP contribution in [0.5, 0.6) is 0 Å². The minimum absolute atomic E-state index is 0. The maximum absolute atomic E-state index is 12.4. The summed E-state index contributed by atoms with van der Waals surface area (Å²) in [6.07, 6.45) is 5.23. The summed E-state index contributed by atoms with van der Waals surface area (Å²) in [5.74, 6) is 0. The van der Waals surface area contributed by atoms with E-state index in [1.807, 2.05) is 179 Å². The molecule has 3 radical (unpaired) electrons. The first-order chi connectivity index (χ1) is 30.7. The van der Waals surface area contributed by atoms with Crippen molar-refractivity contribution in [2.24, 2.45) is 0 Å². The van der Waals surface area contributed by atoms with E-state index < -0.39 is 20.0 Å². The van der Waals surface area contributed by atoms with Gasteiger partial charge in [0.25, 0.3) is 0 Å². The average molecular weight is 1660 g/mol. The molecule has 0 amide bonds. The Morgan fingerprint density at radius 3 is 1.00 bits per heavy atom. The van der Waals surface area contributed by atoms with Crippen LogP contribution in [0.4, 0.5) is 0 Å². The van der Waals surface area contributed by atoms with E-state index >= 15 is 0 Å². The van der Waals surface area contributed by atoms with E-state index in [-0.39, 0.29) is 178 Å². The zero-order valence-corrected chi connectivity index (χ0v) is 65.9. The van der Waals surface area contributed by atoms with Crippen molar-refractivity contribution in [1.82, 2.24) is 19.2 Å². The Kier molecular flexibility index (Phi) is 143. The van der Waals surface area contributed by atoms with E-state index in [1.165, 1.54) is 6.26 Å². The molecule has 1 aromatic rings. The fraction of sp³-hybridized carbons (Fsp3) is 0.837. The first-order valence-corrected chi connectivity index (χ1v) is 28.6. The molecule has 1 aromatic carbocycles. The molecule has 4 saturated heterocycles. The van der Waals surface area contributed by atoms with Crippen LogP contribution in [0.3, 0.4) is 0 Å². The average Bonchev–Trinajstić information content (AvgIpc) is 3.39. The number of benzene rings is 1. The Morgan fingerprint density at radius 1 is 0.471 bits per heavy atom. The normalized spacial score (nSPS) is 18.1. The molecule has 68 heavy (non-hydrogen) atoms. The van der Waals surface area contributed by atoms with Crippen molar-refractivity contribution >= 4 is 20.0 Å². The molecule has 0 bridgehead atoms. The molecule has 413 valence electrons. The van der Waals surface area contributed by atoms with Gasteiger partial charge in [-0.2, -0.15) is 0 Å². The van der Waals surface area contributed by atoms with Gasteiger partial charge in [0, 0.05) is 202 Å². The number of rotatable bonds is 7. The molecule has 4 fully saturated rings. The third-order valence-electron chi connectivity index (χ3n) is 6.84. The summed E-state index contributed by atoms with van der Waals surface area (Å²) in [4.78, 5) is 4.81. The van der Waals surface area contributed by atoms with Gasteiger partial charge in [0.1, 0.15) is 0 Å². The van der Waals surface area contributed by atoms with Crippen molar-refractivity contribution in [2.75, 3.05) is 85.3 Å². The van der Waals surface area contributed by atoms with Gasteiger partial charge in [-0.15, -0.1) is 0 Å². The second kappa shape index (κ2) is 90.2. The number of ether oxygens (including phenoxy) is 4. The summed E-state index contributed by atoms with van der Waals surface area (Å²) in [6, 6.07) is 8.16. The summed E-state index contributed by atoms with van der Waals surface area (Å²) in [7, 11) is -6.70. The summed E-state index contributed by atoms with van der Waals surface area (Å²) >= 11 is 0. The number of morpholine rings is 2. The second-order valence-electron chi connectivity index (χ2n) is 9.93. The summed E-state index contributed by atoms with van der Waals surface area (Å²) < 4.78 is 74.0. The van der Waals surface area contributed by atoms with E-state index in [9.17, 15) is 16.8 Å². The number of nitrogens with zero attached hydrogens (tertiary/aromatic N) is 2. The van der Waals surface area contributed by atoms with E-state index in [1.54, 1.807) is 30.3 Å². The van der Waals surface area contributed by atoms with Crippen LogP contribution in [0.1, 0.15) is 169 Å². The predicted octanol–water partition coefficient (Wildman–Crippen LogP) is 11.9. The van der Waals surface area contributed by atoms with Crippen LogP contribution in [0.2, 0.25) is 0 Å². The standard InChI is InChI=1S/C15H21N2O4S.C10H19N2O4S.12C2H6.2U.V.2Y.2H2/c18-22(19,15-4-2-1-3-5-15)16-13-10-14(12-21-11-13)17-6-8-20-9-7-17;1-17(13,14)11-9-6-10(8-16-7-9)12-2-4-15-5-3-12;12*1-2;;;;;;;/h1-5,10,13-14,16H,6-9,11-12H2;6,9-11H,2-5,7-8H2,1H3;12*1-2H3;;;;;;2*1H/q2*-1;;;;;;;;;;;;;;;;;;;/t13-,14+;9-,10+;;;;;;;;;;;;;;;;;;;/m00.................../s1/i;;;;;;;;;;;;;;;;;;;2*1+2. The third-order valence-corrected chi connectivity index (χ3v) is 9.07. The molecule has 19 heteroatoms. The van der Waals surface area contributed by atoms with Gasteiger partial charge in [-0.3, -0.25) is 12.8 Å². The minimum Gasteiger partial charge on any atom is -0.384 e. The van der Waals surface area contributed by atoms with Gasteiger partial charge in [0.15, 0.2) is 0 Å². The molecule has 0 spiro atoms. The van der Waals surface area contributed by atoms with E-state index in [4.69, 9.17) is 18.9 Å². The zero-order valence-electron chi connectivity index (χ0n) is 48.9. The molecule has 4 aliphatic heterocycles. The van der Waals surface area contributed by atoms with Crippen molar-refractivity contribution < 1.29 is 185 Å². The number of hydrogen-bond acceptors (Lipinski definition) is 10. The summed E-state index contributed by atoms with van der Waals surface area (Å²) in [6.45, 7) is 56.3. The van der Waals surface area contributed by atoms with Crippen LogP contribution in [-0.4, -0.2) is 136 Å². The first kappa shape index (κ1) is 108. The van der Waals surface area contributed by atoms with E-state index in [0.29, 0.717) is 39.6 Å². The van der Waals surface area contributed by atoms with E-state index in [2.05, 4.69) is 19.2 Å². The van der Waals surface area contributed by atoms with Crippen LogP contribution < -0.4 is 9.44 Å². The Labute approximate surface area is 540 Å². The Balaban J connectivity index is -0.0000000392. The fourth-order valence-electron chi connectivity index (χ4n) is 4.95. The molecule has 0 aromatic heterocycles. The number of nitrogens with one attached hydrogen (secondary N) is 2. The minimum atomic E-state index is -3.52. The van der Waals surface area contributed by atoms with Crippen molar-refractivity contribution in [3.63, 3.8) is 0 Å². The molecule has 12 nitrogen and oxygen atoms in total. The smallest absolute Gasteiger partial charge is 0.238 e. The molecule has 4 heterocycles. The Bertz CT molecular complexity index is 1140. The number of sulfonamides is 2. The quantitative estimate of drug-likeness (QED) is 0.254. The van der Waals surface area contributed by atoms with Gasteiger partial charge in [-0.25, -0.2) is 26.3 Å². The van der Waals surface area contributed by atoms with Crippen LogP contribution in [0.15, 0.2) is 35.2 Å². The van der Waals surface area contributed by atoms with E-state index in [0.717, 1.165) is 39.4 Å². The second-order valence-corrected chi connectivity index (χ2v) is 13.4. The van der Waals surface area contributed by atoms with Gasteiger partial charge in [-0.1, -0.05) is 209 Å². The largest absolute Gasteiger partial charge is 0.384 e. The molecule has 0 unspecified atom stereocenters. The maximum Gasteiger partial charge on any atom is 0.238 e. The van der Waals surface area contributed by atoms with Crippen LogP contribution >= 0.6 is 0 Å². The zero-order chi connectivity index (χ0) is 51.7. The molecule has 0 aliphatic carbocycles. The molecule has 4 aliphatic rings. The number of hydrogen-bond donors (Lipinski definition) is 2. The molecule has 4 atom stereocenters. The summed E-state index contributed by atoms with van der Waals surface area (Å²) in [5, 5.41) is 0. The van der Waals surface area contributed by atoms with Gasteiger partial charge >= 0.3 is 0 Å². The monoisotopic (exact) mass is 1660 g/mol. The van der Waals surface area contributed by atoms with Gasteiger partial charge < -0.3 is 28.7 Å². The third kappa shape index (κ3) is 64.0. The van der Waals surface area contributed by atoms with Gasteiger partial charge in [0.05, 0.1) is 37.6 Å². The Hall–Kier alpha value is 3.70. The molecule has 2 N–H and O–H groups in total. The molecular weight excluding hydrogens is 1540 g/mol. The van der Waals surface area contributed by atoms with Crippen molar-refractivity contribution in [1.29, 1.82) is 0 Å².